The summed E-state index contributed by atoms with van der Waals surface area (Å²) in [5.74, 6) is 1.30. The number of halogens is 1. The van der Waals surface area contributed by atoms with Gasteiger partial charge in [-0.3, -0.25) is 9.78 Å². The third kappa shape index (κ3) is 4.39. The second-order valence-electron chi connectivity index (χ2n) is 11.2. The van der Waals surface area contributed by atoms with Gasteiger partial charge in [-0.25, -0.2) is 9.37 Å². The molecule has 2 saturated carbocycles. The van der Waals surface area contributed by atoms with Crippen molar-refractivity contribution in [1.29, 1.82) is 0 Å². The number of primary amides is 1. The number of imidazole rings is 1. The Kier molecular flexibility index (Phi) is 5.98. The molecule has 2 aliphatic rings. The number of rotatable bonds is 6. The number of carbonyl (C=O) groups is 1. The van der Waals surface area contributed by atoms with Gasteiger partial charge in [0.2, 0.25) is 5.91 Å². The zero-order valence-corrected chi connectivity index (χ0v) is 21.2. The van der Waals surface area contributed by atoms with E-state index >= 15 is 0 Å². The van der Waals surface area contributed by atoms with Crippen LogP contribution in [0.25, 0.3) is 21.9 Å². The van der Waals surface area contributed by atoms with E-state index in [4.69, 9.17) is 10.7 Å². The Hall–Kier alpha value is -3.32. The predicted molar refractivity (Wildman–Crippen MR) is 142 cm³/mol. The highest BCUT2D eigenvalue weighted by molar-refractivity contribution is 5.96. The van der Waals surface area contributed by atoms with Crippen molar-refractivity contribution < 1.29 is 14.3 Å². The molecular formula is C30H33FN4O2. The van der Waals surface area contributed by atoms with E-state index < -0.39 is 11.5 Å². The Morgan fingerprint density at radius 3 is 2.62 bits per heavy atom. The molecule has 6 rings (SSSR count). The Labute approximate surface area is 215 Å². The van der Waals surface area contributed by atoms with Crippen molar-refractivity contribution in [1.82, 2.24) is 14.5 Å². The van der Waals surface area contributed by atoms with Crippen molar-refractivity contribution in [2.24, 2.45) is 11.7 Å². The maximum Gasteiger partial charge on any atom is 0.248 e. The Morgan fingerprint density at radius 2 is 1.92 bits per heavy atom. The second kappa shape index (κ2) is 9.21. The number of hydrogen-bond acceptors (Lipinski definition) is 4. The molecule has 2 aromatic heterocycles. The highest BCUT2D eigenvalue weighted by Gasteiger charge is 2.37. The Bertz CT molecular complexity index is 1480. The van der Waals surface area contributed by atoms with E-state index in [9.17, 15) is 14.3 Å². The van der Waals surface area contributed by atoms with Gasteiger partial charge in [0.1, 0.15) is 11.6 Å². The number of fused-ring (bicyclic) bond motifs is 2. The van der Waals surface area contributed by atoms with E-state index in [-0.39, 0.29) is 11.7 Å². The average molecular weight is 501 g/mol. The molecule has 1 atom stereocenters. The van der Waals surface area contributed by atoms with E-state index in [0.717, 1.165) is 72.7 Å². The van der Waals surface area contributed by atoms with Crippen LogP contribution in [0.3, 0.4) is 0 Å². The summed E-state index contributed by atoms with van der Waals surface area (Å²) in [6.07, 6.45) is 8.61. The monoisotopic (exact) mass is 500 g/mol. The van der Waals surface area contributed by atoms with Crippen LogP contribution >= 0.6 is 0 Å². The normalized spacial score (nSPS) is 22.1. The molecule has 0 radical (unpaired) electrons. The van der Waals surface area contributed by atoms with Crippen LogP contribution in [0.15, 0.2) is 48.7 Å². The molecule has 3 N–H and O–H groups in total. The van der Waals surface area contributed by atoms with Crippen LogP contribution in [-0.4, -0.2) is 31.1 Å². The largest absolute Gasteiger partial charge is 0.388 e. The number of benzene rings is 2. The van der Waals surface area contributed by atoms with Crippen molar-refractivity contribution in [3.8, 4) is 0 Å². The van der Waals surface area contributed by atoms with E-state index in [2.05, 4.69) is 16.5 Å². The van der Waals surface area contributed by atoms with Crippen molar-refractivity contribution >= 4 is 27.8 Å². The van der Waals surface area contributed by atoms with Gasteiger partial charge in [-0.05, 0) is 105 Å². The van der Waals surface area contributed by atoms with Gasteiger partial charge in [0.05, 0.1) is 28.7 Å². The average Bonchev–Trinajstić information content (AvgIpc) is 3.24. The van der Waals surface area contributed by atoms with Crippen LogP contribution in [0.5, 0.6) is 0 Å². The van der Waals surface area contributed by atoms with Crippen molar-refractivity contribution in [2.75, 3.05) is 0 Å². The number of aromatic nitrogens is 3. The van der Waals surface area contributed by atoms with Crippen LogP contribution in [0.1, 0.15) is 85.5 Å². The molecule has 1 unspecified atom stereocenters. The molecule has 2 aliphatic carbocycles. The maximum atomic E-state index is 14.0. The van der Waals surface area contributed by atoms with Crippen LogP contribution in [-0.2, 0) is 6.54 Å². The third-order valence-electron chi connectivity index (χ3n) is 8.86. The molecule has 2 aromatic carbocycles. The van der Waals surface area contributed by atoms with Gasteiger partial charge in [-0.2, -0.15) is 0 Å². The lowest BCUT2D eigenvalue weighted by atomic mass is 9.73. The number of aliphatic hydroxyl groups is 1. The second-order valence-corrected chi connectivity index (χ2v) is 11.2. The SMILES string of the molecule is CC(c1nc2cc(C(N)=O)ccc2n1CC1(O)CCC1)C1CCC(c2ccnc3ccc(F)cc23)CC1. The van der Waals surface area contributed by atoms with Gasteiger partial charge in [0.25, 0.3) is 0 Å². The number of amides is 1. The number of nitrogens with zero attached hydrogens (tertiary/aromatic N) is 3. The molecule has 0 bridgehead atoms. The molecule has 1 amide bonds. The number of pyridine rings is 1. The molecule has 4 aromatic rings. The zero-order valence-electron chi connectivity index (χ0n) is 21.2. The van der Waals surface area contributed by atoms with Gasteiger partial charge in [0.15, 0.2) is 0 Å². The fourth-order valence-corrected chi connectivity index (χ4v) is 6.49. The molecule has 0 saturated heterocycles. The summed E-state index contributed by atoms with van der Waals surface area (Å²) < 4.78 is 16.2. The van der Waals surface area contributed by atoms with E-state index in [1.807, 2.05) is 18.3 Å². The van der Waals surface area contributed by atoms with Crippen LogP contribution in [0.4, 0.5) is 4.39 Å². The number of nitrogens with two attached hydrogens (primary N) is 1. The van der Waals surface area contributed by atoms with Gasteiger partial charge in [0, 0.05) is 23.1 Å². The highest BCUT2D eigenvalue weighted by atomic mass is 19.1. The van der Waals surface area contributed by atoms with Gasteiger partial charge in [-0.1, -0.05) is 6.92 Å². The number of hydrogen-bond donors (Lipinski definition) is 2. The maximum absolute atomic E-state index is 14.0. The van der Waals surface area contributed by atoms with Gasteiger partial charge >= 0.3 is 0 Å². The molecule has 2 fully saturated rings. The fraction of sp³-hybridized carbons (Fsp3) is 0.433. The van der Waals surface area contributed by atoms with Crippen LogP contribution in [0, 0.1) is 11.7 Å². The highest BCUT2D eigenvalue weighted by Crippen LogP contribution is 2.44. The molecule has 37 heavy (non-hydrogen) atoms. The minimum absolute atomic E-state index is 0.195. The molecule has 7 heteroatoms. The number of carbonyl (C=O) groups excluding carboxylic acids is 1. The smallest absolute Gasteiger partial charge is 0.248 e. The molecule has 192 valence electrons. The first-order valence-electron chi connectivity index (χ1n) is 13.4. The summed E-state index contributed by atoms with van der Waals surface area (Å²) >= 11 is 0. The van der Waals surface area contributed by atoms with E-state index in [0.29, 0.717) is 23.9 Å². The van der Waals surface area contributed by atoms with Crippen molar-refractivity contribution in [3.05, 3.63) is 71.4 Å². The quantitative estimate of drug-likeness (QED) is 0.349. The van der Waals surface area contributed by atoms with E-state index in [1.54, 1.807) is 24.3 Å². The summed E-state index contributed by atoms with van der Waals surface area (Å²) in [6.45, 7) is 2.75. The first-order valence-corrected chi connectivity index (χ1v) is 13.4. The minimum Gasteiger partial charge on any atom is -0.388 e. The minimum atomic E-state index is -0.695. The summed E-state index contributed by atoms with van der Waals surface area (Å²) in [6, 6.07) is 12.3. The van der Waals surface area contributed by atoms with Crippen molar-refractivity contribution in [2.45, 2.75) is 75.9 Å². The summed E-state index contributed by atoms with van der Waals surface area (Å²) in [5.41, 5.74) is 8.99. The molecular weight excluding hydrogens is 467 g/mol. The Morgan fingerprint density at radius 1 is 1.14 bits per heavy atom. The molecule has 0 aliphatic heterocycles. The predicted octanol–water partition coefficient (Wildman–Crippen LogP) is 5.82. The molecule has 0 spiro atoms. The standard InChI is InChI=1S/C30H33FN4O2/c1-18(19-3-5-20(6-4-19)23-11-14-33-25-9-8-22(31)16-24(23)25)29-34-26-15-21(28(32)36)7-10-27(26)35(29)17-30(37)12-2-13-30/h7-11,14-16,18-20,37H,2-6,12-13,17H2,1H3,(H2,32,36). The van der Waals surface area contributed by atoms with Crippen molar-refractivity contribution in [3.63, 3.8) is 0 Å². The molecule has 2 heterocycles. The van der Waals surface area contributed by atoms with Crippen LogP contribution in [0.2, 0.25) is 0 Å². The summed E-state index contributed by atoms with van der Waals surface area (Å²) in [4.78, 5) is 21.2. The summed E-state index contributed by atoms with van der Waals surface area (Å²) in [5, 5.41) is 11.9. The summed E-state index contributed by atoms with van der Waals surface area (Å²) in [7, 11) is 0. The zero-order chi connectivity index (χ0) is 25.7. The van der Waals surface area contributed by atoms with E-state index in [1.165, 1.54) is 11.6 Å². The van der Waals surface area contributed by atoms with Crippen LogP contribution < -0.4 is 5.73 Å². The lowest BCUT2D eigenvalue weighted by molar-refractivity contribution is -0.0473. The Balaban J connectivity index is 1.27. The first-order chi connectivity index (χ1) is 17.8. The topological polar surface area (TPSA) is 94.0 Å². The lowest BCUT2D eigenvalue weighted by Crippen LogP contribution is -2.41. The molecule has 6 nitrogen and oxygen atoms in total. The van der Waals surface area contributed by atoms with Gasteiger partial charge in [-0.15, -0.1) is 0 Å². The third-order valence-corrected chi connectivity index (χ3v) is 8.86. The first kappa shape index (κ1) is 24.0. The lowest BCUT2D eigenvalue weighted by Gasteiger charge is -2.38. The van der Waals surface area contributed by atoms with Gasteiger partial charge < -0.3 is 15.4 Å². The fourth-order valence-electron chi connectivity index (χ4n) is 6.49.